The van der Waals surface area contributed by atoms with Gasteiger partial charge in [-0.05, 0) is 0 Å². The first-order chi connectivity index (χ1) is 8.47. The van der Waals surface area contributed by atoms with E-state index in [0.29, 0.717) is 0 Å². The second kappa shape index (κ2) is 4.53. The van der Waals surface area contributed by atoms with Crippen LogP contribution in [-0.2, 0) is 4.74 Å². The van der Waals surface area contributed by atoms with Crippen LogP contribution in [0.1, 0.15) is 16.7 Å². The number of rotatable bonds is 3. The normalized spacial score (nSPS) is 31.7. The van der Waals surface area contributed by atoms with Crippen molar-refractivity contribution in [2.24, 2.45) is 5.73 Å². The van der Waals surface area contributed by atoms with Crippen molar-refractivity contribution in [2.45, 2.75) is 24.5 Å². The largest absolute Gasteiger partial charge is 0.394 e. The molecule has 0 spiro atoms. The van der Waals surface area contributed by atoms with Gasteiger partial charge in [-0.15, -0.1) is 0 Å². The highest BCUT2D eigenvalue weighted by Crippen LogP contribution is 2.31. The highest BCUT2D eigenvalue weighted by Gasteiger charge is 2.44. The molecule has 1 aromatic rings. The van der Waals surface area contributed by atoms with Crippen LogP contribution in [0.4, 0.5) is 5.82 Å². The lowest BCUT2D eigenvalue weighted by Crippen LogP contribution is -2.33. The van der Waals surface area contributed by atoms with Crippen LogP contribution < -0.4 is 11.5 Å². The van der Waals surface area contributed by atoms with Crippen LogP contribution in [0.15, 0.2) is 6.33 Å². The van der Waals surface area contributed by atoms with Crippen molar-refractivity contribution in [2.75, 3.05) is 12.3 Å². The van der Waals surface area contributed by atoms with Crippen molar-refractivity contribution in [3.8, 4) is 0 Å². The Bertz CT molecular complexity index is 462. The van der Waals surface area contributed by atoms with Gasteiger partial charge >= 0.3 is 0 Å². The summed E-state index contributed by atoms with van der Waals surface area (Å²) in [5.74, 6) is -0.879. The van der Waals surface area contributed by atoms with Crippen LogP contribution in [-0.4, -0.2) is 55.7 Å². The van der Waals surface area contributed by atoms with Crippen molar-refractivity contribution in [1.29, 1.82) is 0 Å². The van der Waals surface area contributed by atoms with Crippen LogP contribution in [0.2, 0.25) is 0 Å². The number of carbonyl (C=O) groups excluding carboxylic acids is 1. The second-order valence-electron chi connectivity index (χ2n) is 3.98. The monoisotopic (exact) mass is 261 g/mol. The van der Waals surface area contributed by atoms with E-state index in [9.17, 15) is 15.0 Å². The maximum atomic E-state index is 11.0. The summed E-state index contributed by atoms with van der Waals surface area (Å²) >= 11 is 0. The van der Waals surface area contributed by atoms with Crippen LogP contribution in [0, 0.1) is 0 Å². The average Bonchev–Trinajstić information content (AvgIpc) is 2.82. The SMILES string of the molecule is NC(=O)[13c]1[15n]cn([C@@H]2O[C@H](CO)[C@@H](O)[C@H]2O)[13c]1N. The molecule has 18 heavy (non-hydrogen) atoms. The molecule has 2 rings (SSSR count). The molecule has 7 N–H and O–H groups in total. The quantitative estimate of drug-likeness (QED) is 0.392. The van der Waals surface area contributed by atoms with E-state index in [1.165, 1.54) is 10.9 Å². The fourth-order valence-corrected chi connectivity index (χ4v) is 1.87. The van der Waals surface area contributed by atoms with E-state index in [0.717, 1.165) is 0 Å². The average molecular weight is 261 g/mol. The number of nitrogens with two attached hydrogens (primary N) is 2. The van der Waals surface area contributed by atoms with Crippen LogP contribution in [0.3, 0.4) is 0 Å². The molecule has 0 radical (unpaired) electrons. The van der Waals surface area contributed by atoms with Gasteiger partial charge in [0.1, 0.15) is 24.1 Å². The zero-order valence-electron chi connectivity index (χ0n) is 9.30. The number of hydrogen-bond acceptors (Lipinski definition) is 7. The summed E-state index contributed by atoms with van der Waals surface area (Å²) in [7, 11) is 0. The summed E-state index contributed by atoms with van der Waals surface area (Å²) in [6.07, 6.45) is -3.32. The van der Waals surface area contributed by atoms with Crippen molar-refractivity contribution >= 4 is 11.7 Å². The Labute approximate surface area is 102 Å². The van der Waals surface area contributed by atoms with Gasteiger partial charge in [0.25, 0.3) is 5.91 Å². The molecule has 1 saturated heterocycles. The van der Waals surface area contributed by atoms with E-state index < -0.39 is 37.1 Å². The highest BCUT2D eigenvalue weighted by atomic mass is 16.6. The number of primary amides is 1. The third kappa shape index (κ3) is 1.82. The first-order valence-electron chi connectivity index (χ1n) is 5.22. The minimum atomic E-state index is -1.29. The van der Waals surface area contributed by atoms with Gasteiger partial charge in [0.2, 0.25) is 0 Å². The Balaban J connectivity index is 2.30. The van der Waals surface area contributed by atoms with Crippen molar-refractivity contribution < 1.29 is 24.9 Å². The Hall–Kier alpha value is -1.68. The number of anilines is 1. The topological polar surface area (TPSA) is 157 Å². The Morgan fingerprint density at radius 2 is 2.17 bits per heavy atom. The summed E-state index contributed by atoms with van der Waals surface area (Å²) in [5.41, 5.74) is 10.6. The van der Waals surface area contributed by atoms with Gasteiger partial charge in [-0.25, -0.2) is 4.98 Å². The van der Waals surface area contributed by atoms with E-state index in [1.807, 2.05) is 0 Å². The molecular weight excluding hydrogens is 247 g/mol. The van der Waals surface area contributed by atoms with Crippen LogP contribution in [0.5, 0.6) is 0 Å². The molecule has 100 valence electrons. The van der Waals surface area contributed by atoms with E-state index >= 15 is 0 Å². The Morgan fingerprint density at radius 1 is 1.50 bits per heavy atom. The molecule has 0 bridgehead atoms. The fourth-order valence-electron chi connectivity index (χ4n) is 1.87. The van der Waals surface area contributed by atoms with Gasteiger partial charge in [0, 0.05) is 0 Å². The van der Waals surface area contributed by atoms with Gasteiger partial charge in [-0.3, -0.25) is 9.36 Å². The molecule has 0 unspecified atom stereocenters. The molecule has 0 aliphatic carbocycles. The van der Waals surface area contributed by atoms with E-state index in [1.54, 1.807) is 0 Å². The molecular formula is C9H14N4O5. The number of aromatic nitrogens is 2. The first kappa shape index (κ1) is 12.8. The minimum absolute atomic E-state index is 0.0719. The van der Waals surface area contributed by atoms with Gasteiger partial charge in [-0.1, -0.05) is 0 Å². The van der Waals surface area contributed by atoms with Gasteiger partial charge in [0.05, 0.1) is 12.9 Å². The van der Waals surface area contributed by atoms with Crippen molar-refractivity contribution in [3.63, 3.8) is 0 Å². The number of imidazole rings is 1. The Morgan fingerprint density at radius 3 is 2.61 bits per heavy atom. The minimum Gasteiger partial charge on any atom is -0.394 e. The number of aliphatic hydroxyl groups excluding tert-OH is 3. The number of hydrogen-bond donors (Lipinski definition) is 5. The van der Waals surface area contributed by atoms with Crippen molar-refractivity contribution in [3.05, 3.63) is 12.0 Å². The predicted molar refractivity (Wildman–Crippen MR) is 58.2 cm³/mol. The number of carbonyl (C=O) groups is 1. The summed E-state index contributed by atoms with van der Waals surface area (Å²) in [5, 5.41) is 28.3. The van der Waals surface area contributed by atoms with Gasteiger partial charge in [-0.2, -0.15) is 0 Å². The van der Waals surface area contributed by atoms with Gasteiger partial charge < -0.3 is 31.5 Å². The third-order valence-corrected chi connectivity index (χ3v) is 2.86. The number of ether oxygens (including phenoxy) is 1. The lowest BCUT2D eigenvalue weighted by Gasteiger charge is -2.17. The molecule has 0 aromatic carbocycles. The molecule has 2 heterocycles. The lowest BCUT2D eigenvalue weighted by molar-refractivity contribution is -0.0518. The first-order valence-corrected chi connectivity index (χ1v) is 5.22. The molecule has 1 amide bonds. The zero-order chi connectivity index (χ0) is 13.4. The molecule has 1 aliphatic rings. The lowest BCUT2D eigenvalue weighted by atomic mass is 10.1. The molecule has 1 aromatic heterocycles. The number of nitrogen functional groups attached to an aromatic ring is 1. The number of aliphatic hydroxyl groups is 3. The number of amides is 1. The second-order valence-corrected chi connectivity index (χ2v) is 3.98. The highest BCUT2D eigenvalue weighted by molar-refractivity contribution is 5.95. The molecule has 4 atom stereocenters. The Kier molecular flexibility index (Phi) is 3.22. The van der Waals surface area contributed by atoms with Crippen LogP contribution >= 0.6 is 0 Å². The van der Waals surface area contributed by atoms with E-state index in [4.69, 9.17) is 21.3 Å². The maximum absolute atomic E-state index is 11.0. The predicted octanol–water partition coefficient (Wildman–Crippen LogP) is -2.82. The number of nitrogens with zero attached hydrogens (tertiary/aromatic N) is 2. The fraction of sp³-hybridized carbons (Fsp3) is 0.556. The standard InChI is InChI=1S/C9H14N4O5/c10-7-4(8(11)17)12-2-13(7)9-6(16)5(15)3(1-14)18-9/h2-3,5-6,9,14-16H,1,10H2,(H2,11,17)/t3-,5-,6-,9-/m1/s1/i4+1,7+1,12+1. The molecule has 1 fully saturated rings. The zero-order valence-corrected chi connectivity index (χ0v) is 9.30. The summed E-state index contributed by atoms with van der Waals surface area (Å²) in [6.45, 7) is -0.452. The summed E-state index contributed by atoms with van der Waals surface area (Å²) in [4.78, 5) is 14.7. The summed E-state index contributed by atoms with van der Waals surface area (Å²) < 4.78 is 6.42. The van der Waals surface area contributed by atoms with Crippen molar-refractivity contribution in [1.82, 2.24) is 9.55 Å². The maximum Gasteiger partial charge on any atom is 0.271 e. The van der Waals surface area contributed by atoms with E-state index in [-0.39, 0.29) is 11.5 Å². The third-order valence-electron chi connectivity index (χ3n) is 2.86. The van der Waals surface area contributed by atoms with Crippen LogP contribution in [0.25, 0.3) is 0 Å². The molecule has 9 heteroatoms. The smallest absolute Gasteiger partial charge is 0.271 e. The van der Waals surface area contributed by atoms with Gasteiger partial charge in [0.15, 0.2) is 11.9 Å². The summed E-state index contributed by atoms with van der Waals surface area (Å²) in [6, 6.07) is 0. The molecule has 9 nitrogen and oxygen atoms in total. The van der Waals surface area contributed by atoms with E-state index in [2.05, 4.69) is 4.98 Å². The molecule has 1 aliphatic heterocycles. The molecule has 0 saturated carbocycles.